The van der Waals surface area contributed by atoms with Gasteiger partial charge < -0.3 is 24.6 Å². The second kappa shape index (κ2) is 10.1. The van der Waals surface area contributed by atoms with Crippen LogP contribution < -0.4 is 16.3 Å². The van der Waals surface area contributed by atoms with E-state index in [0.29, 0.717) is 23.2 Å². The topological polar surface area (TPSA) is 139 Å². The van der Waals surface area contributed by atoms with Crippen molar-refractivity contribution < 1.29 is 28.3 Å². The molecule has 0 saturated carbocycles. The van der Waals surface area contributed by atoms with Crippen LogP contribution in [-0.2, 0) is 20.8 Å². The van der Waals surface area contributed by atoms with Crippen molar-refractivity contribution in [2.45, 2.75) is 59.9 Å². The Morgan fingerprint density at radius 3 is 2.41 bits per heavy atom. The van der Waals surface area contributed by atoms with E-state index < -0.39 is 29.5 Å². The number of aliphatic carboxylic acids is 1. The van der Waals surface area contributed by atoms with Gasteiger partial charge in [-0.3, -0.25) is 9.59 Å². The molecule has 0 aliphatic heterocycles. The van der Waals surface area contributed by atoms with Crippen molar-refractivity contribution in [2.75, 3.05) is 6.54 Å². The van der Waals surface area contributed by atoms with Gasteiger partial charge in [0.05, 0.1) is 12.8 Å². The van der Waals surface area contributed by atoms with Gasteiger partial charge in [-0.05, 0) is 50.3 Å². The largest absolute Gasteiger partial charge is 0.480 e. The number of carbonyl (C=O) groups excluding carboxylic acids is 2. The SMILES string of the molecule is CCC(C)C(NC(=O)CNC(=O)CCc1c(C)c2cc3c(C)coc3c(C)c2oc1=O)C(=O)O. The van der Waals surface area contributed by atoms with Crippen LogP contribution in [0, 0.1) is 26.7 Å². The summed E-state index contributed by atoms with van der Waals surface area (Å²) < 4.78 is 11.2. The predicted molar refractivity (Wildman–Crippen MR) is 127 cm³/mol. The van der Waals surface area contributed by atoms with E-state index in [1.165, 1.54) is 0 Å². The number of carboxylic acids is 1. The molecule has 0 radical (unpaired) electrons. The lowest BCUT2D eigenvalue weighted by molar-refractivity contribution is -0.143. The number of rotatable bonds is 9. The average molecular weight is 471 g/mol. The lowest BCUT2D eigenvalue weighted by atomic mass is 9.98. The number of hydrogen-bond donors (Lipinski definition) is 3. The predicted octanol–water partition coefficient (Wildman–Crippen LogP) is 3.13. The smallest absolute Gasteiger partial charge is 0.339 e. The molecule has 0 saturated heterocycles. The maximum absolute atomic E-state index is 12.7. The van der Waals surface area contributed by atoms with Crippen LogP contribution in [0.4, 0.5) is 0 Å². The maximum Gasteiger partial charge on any atom is 0.339 e. The average Bonchev–Trinajstić information content (AvgIpc) is 3.17. The van der Waals surface area contributed by atoms with Gasteiger partial charge in [0, 0.05) is 28.3 Å². The summed E-state index contributed by atoms with van der Waals surface area (Å²) in [5, 5.41) is 15.9. The maximum atomic E-state index is 12.7. The number of furan rings is 1. The number of fused-ring (bicyclic) bond motifs is 2. The Morgan fingerprint density at radius 1 is 1.06 bits per heavy atom. The minimum atomic E-state index is -1.12. The number of nitrogens with one attached hydrogen (secondary N) is 2. The molecule has 2 atom stereocenters. The summed E-state index contributed by atoms with van der Waals surface area (Å²) >= 11 is 0. The minimum Gasteiger partial charge on any atom is -0.480 e. The van der Waals surface area contributed by atoms with Gasteiger partial charge in [0.25, 0.3) is 0 Å². The molecule has 2 heterocycles. The van der Waals surface area contributed by atoms with Crippen molar-refractivity contribution in [3.05, 3.63) is 45.0 Å². The van der Waals surface area contributed by atoms with Crippen molar-refractivity contribution in [1.82, 2.24) is 10.6 Å². The van der Waals surface area contributed by atoms with Crippen LogP contribution in [0.15, 0.2) is 26.0 Å². The molecule has 0 bridgehead atoms. The van der Waals surface area contributed by atoms with Crippen molar-refractivity contribution >= 4 is 39.7 Å². The zero-order valence-corrected chi connectivity index (χ0v) is 20.0. The quantitative estimate of drug-likeness (QED) is 0.408. The van der Waals surface area contributed by atoms with E-state index >= 15 is 0 Å². The molecule has 9 nitrogen and oxygen atoms in total. The van der Waals surface area contributed by atoms with Crippen molar-refractivity contribution in [1.29, 1.82) is 0 Å². The van der Waals surface area contributed by atoms with Gasteiger partial charge in [-0.15, -0.1) is 0 Å². The lowest BCUT2D eigenvalue weighted by Gasteiger charge is -2.20. The summed E-state index contributed by atoms with van der Waals surface area (Å²) in [6.07, 6.45) is 2.36. The zero-order chi connectivity index (χ0) is 25.2. The normalized spacial score (nSPS) is 13.1. The fourth-order valence-electron chi connectivity index (χ4n) is 4.02. The highest BCUT2D eigenvalue weighted by Crippen LogP contribution is 2.32. The molecule has 0 aliphatic rings. The van der Waals surface area contributed by atoms with Gasteiger partial charge in [0.2, 0.25) is 11.8 Å². The van der Waals surface area contributed by atoms with Crippen LogP contribution in [-0.4, -0.2) is 35.5 Å². The fraction of sp³-hybridized carbons (Fsp3) is 0.440. The number of carboxylic acid groups (broad SMARTS) is 1. The van der Waals surface area contributed by atoms with Gasteiger partial charge in [-0.1, -0.05) is 20.3 Å². The molecule has 182 valence electrons. The summed E-state index contributed by atoms with van der Waals surface area (Å²) in [5.41, 5.74) is 3.48. The molecule has 2 aromatic heterocycles. The van der Waals surface area contributed by atoms with Crippen LogP contribution in [0.1, 0.15) is 48.9 Å². The third-order valence-corrected chi connectivity index (χ3v) is 6.38. The van der Waals surface area contributed by atoms with Gasteiger partial charge in [0.1, 0.15) is 17.2 Å². The van der Waals surface area contributed by atoms with Gasteiger partial charge in [-0.2, -0.15) is 0 Å². The summed E-state index contributed by atoms with van der Waals surface area (Å²) in [7, 11) is 0. The molecule has 0 spiro atoms. The third-order valence-electron chi connectivity index (χ3n) is 6.38. The first-order chi connectivity index (χ1) is 16.0. The van der Waals surface area contributed by atoms with Gasteiger partial charge >= 0.3 is 11.6 Å². The van der Waals surface area contributed by atoms with Crippen molar-refractivity contribution in [3.63, 3.8) is 0 Å². The Bertz CT molecular complexity index is 1320. The van der Waals surface area contributed by atoms with Crippen LogP contribution in [0.5, 0.6) is 0 Å². The Morgan fingerprint density at radius 2 is 1.76 bits per heavy atom. The van der Waals surface area contributed by atoms with Crippen LogP contribution in [0.3, 0.4) is 0 Å². The van der Waals surface area contributed by atoms with Crippen LogP contribution >= 0.6 is 0 Å². The molecule has 2 unspecified atom stereocenters. The minimum absolute atomic E-state index is 0.0237. The summed E-state index contributed by atoms with van der Waals surface area (Å²) in [5.74, 6) is -2.38. The Kier molecular flexibility index (Phi) is 7.44. The highest BCUT2D eigenvalue weighted by molar-refractivity contribution is 5.99. The van der Waals surface area contributed by atoms with E-state index in [-0.39, 0.29) is 25.3 Å². The third kappa shape index (κ3) is 4.98. The second-order valence-electron chi connectivity index (χ2n) is 8.71. The van der Waals surface area contributed by atoms with E-state index in [9.17, 15) is 24.3 Å². The summed E-state index contributed by atoms with van der Waals surface area (Å²) in [6, 6.07) is 0.909. The first-order valence-corrected chi connectivity index (χ1v) is 11.3. The van der Waals surface area contributed by atoms with Crippen molar-refractivity contribution in [2.24, 2.45) is 5.92 Å². The second-order valence-corrected chi connectivity index (χ2v) is 8.71. The number of carbonyl (C=O) groups is 3. The molecule has 3 rings (SSSR count). The number of aryl methyl sites for hydroxylation is 3. The molecule has 34 heavy (non-hydrogen) atoms. The highest BCUT2D eigenvalue weighted by Gasteiger charge is 2.25. The Labute approximate surface area is 196 Å². The number of benzene rings is 1. The lowest BCUT2D eigenvalue weighted by Crippen LogP contribution is -2.48. The molecular formula is C25H30N2O7. The van der Waals surface area contributed by atoms with Gasteiger partial charge in [0.15, 0.2) is 0 Å². The molecule has 9 heteroatoms. The standard InChI is InChI=1S/C25H30N2O7/c1-6-12(2)21(24(30)31)27-20(29)10-26-19(28)8-7-16-14(4)18-9-17-13(3)11-33-22(17)15(5)23(18)34-25(16)32/h9,11-12,21H,6-8,10H2,1-5H3,(H,26,28)(H,27,29)(H,30,31). The molecule has 0 fully saturated rings. The van der Waals surface area contributed by atoms with Crippen LogP contribution in [0.2, 0.25) is 0 Å². The van der Waals surface area contributed by atoms with E-state index in [2.05, 4.69) is 10.6 Å². The van der Waals surface area contributed by atoms with Gasteiger partial charge in [-0.25, -0.2) is 9.59 Å². The molecule has 3 aromatic rings. The first kappa shape index (κ1) is 25.0. The zero-order valence-electron chi connectivity index (χ0n) is 20.0. The number of hydrogen-bond acceptors (Lipinski definition) is 6. The van der Waals surface area contributed by atoms with E-state index in [0.717, 1.165) is 27.5 Å². The summed E-state index contributed by atoms with van der Waals surface area (Å²) in [6.45, 7) is 8.82. The van der Waals surface area contributed by atoms with E-state index in [1.54, 1.807) is 13.2 Å². The fourth-order valence-corrected chi connectivity index (χ4v) is 4.02. The molecule has 1 aromatic carbocycles. The van der Waals surface area contributed by atoms with Crippen molar-refractivity contribution in [3.8, 4) is 0 Å². The molecular weight excluding hydrogens is 440 g/mol. The van der Waals surface area contributed by atoms with E-state index in [4.69, 9.17) is 8.83 Å². The monoisotopic (exact) mass is 470 g/mol. The van der Waals surface area contributed by atoms with E-state index in [1.807, 2.05) is 33.8 Å². The molecule has 3 N–H and O–H groups in total. The molecule has 0 aliphatic carbocycles. The molecule has 2 amide bonds. The Hall–Kier alpha value is -3.62. The Balaban J connectivity index is 1.69. The summed E-state index contributed by atoms with van der Waals surface area (Å²) in [4.78, 5) is 48.4. The highest BCUT2D eigenvalue weighted by atomic mass is 16.4. The first-order valence-electron chi connectivity index (χ1n) is 11.3. The number of amides is 2. The van der Waals surface area contributed by atoms with Crippen LogP contribution in [0.25, 0.3) is 21.9 Å².